The number of hydrogen-bond donors (Lipinski definition) is 1. The van der Waals surface area contributed by atoms with Gasteiger partial charge in [-0.1, -0.05) is 35.3 Å². The SMILES string of the molecule is O=C(O)COc1c(Br)cc(Cl)cc1C=Nn1c(-c2cc3cc(Cl)ccc3o2)nc2ccccc2c1=O. The van der Waals surface area contributed by atoms with Crippen LogP contribution in [0.4, 0.5) is 0 Å². The van der Waals surface area contributed by atoms with Gasteiger partial charge in [-0.15, -0.1) is 0 Å². The van der Waals surface area contributed by atoms with Crippen LogP contribution in [0.15, 0.2) is 79.4 Å². The van der Waals surface area contributed by atoms with Crippen LogP contribution in [-0.2, 0) is 4.79 Å². The van der Waals surface area contributed by atoms with Crippen molar-refractivity contribution in [1.29, 1.82) is 0 Å². The number of carbonyl (C=O) groups is 1. The highest BCUT2D eigenvalue weighted by molar-refractivity contribution is 9.10. The normalized spacial score (nSPS) is 11.5. The Kier molecular flexibility index (Phi) is 6.53. The Morgan fingerprint density at radius 1 is 1.14 bits per heavy atom. The van der Waals surface area contributed by atoms with Gasteiger partial charge in [-0.05, 0) is 64.5 Å². The number of ether oxygens (including phenoxy) is 1. The van der Waals surface area contributed by atoms with Crippen molar-refractivity contribution < 1.29 is 19.1 Å². The molecule has 5 rings (SSSR count). The molecule has 0 amide bonds. The predicted octanol–water partition coefficient (Wildman–Crippen LogP) is 6.22. The van der Waals surface area contributed by atoms with E-state index in [1.54, 1.807) is 54.6 Å². The molecule has 0 aliphatic heterocycles. The third-order valence-corrected chi connectivity index (χ3v) is 6.18. The molecular formula is C25H14BrCl2N3O5. The van der Waals surface area contributed by atoms with Crippen LogP contribution >= 0.6 is 39.1 Å². The number of aliphatic carboxylic acids is 1. The van der Waals surface area contributed by atoms with Gasteiger partial charge in [0.05, 0.1) is 21.6 Å². The standard InChI is InChI=1S/C25H14BrCl2N3O5/c26-18-10-16(28)8-14(23(18)35-12-22(32)33)11-29-31-24(30-19-4-2-1-3-17(19)25(31)34)21-9-13-7-15(27)5-6-20(13)36-21/h1-11H,12H2,(H,32,33). The number of carboxylic acid groups (broad SMARTS) is 1. The number of rotatable bonds is 6. The average molecular weight is 587 g/mol. The summed E-state index contributed by atoms with van der Waals surface area (Å²) in [7, 11) is 0. The van der Waals surface area contributed by atoms with Gasteiger partial charge in [-0.2, -0.15) is 9.78 Å². The summed E-state index contributed by atoms with van der Waals surface area (Å²) < 4.78 is 12.9. The van der Waals surface area contributed by atoms with Crippen molar-refractivity contribution in [2.45, 2.75) is 0 Å². The highest BCUT2D eigenvalue weighted by Gasteiger charge is 2.17. The summed E-state index contributed by atoms with van der Waals surface area (Å²) in [5.74, 6) is -0.479. The maximum absolute atomic E-state index is 13.4. The Balaban J connectivity index is 1.70. The molecule has 2 aromatic heterocycles. The van der Waals surface area contributed by atoms with Crippen LogP contribution in [0.25, 0.3) is 33.5 Å². The lowest BCUT2D eigenvalue weighted by molar-refractivity contribution is -0.139. The first-order valence-electron chi connectivity index (χ1n) is 10.4. The summed E-state index contributed by atoms with van der Waals surface area (Å²) in [6.45, 7) is -0.578. The fourth-order valence-corrected chi connectivity index (χ4v) is 4.73. The molecule has 11 heteroatoms. The fraction of sp³-hybridized carbons (Fsp3) is 0.0400. The molecule has 0 saturated carbocycles. The van der Waals surface area contributed by atoms with Crippen molar-refractivity contribution >= 4 is 73.2 Å². The Morgan fingerprint density at radius 2 is 1.94 bits per heavy atom. The van der Waals surface area contributed by atoms with E-state index >= 15 is 0 Å². The molecule has 3 aromatic carbocycles. The zero-order valence-electron chi connectivity index (χ0n) is 18.1. The van der Waals surface area contributed by atoms with E-state index in [4.69, 9.17) is 37.5 Å². The summed E-state index contributed by atoms with van der Waals surface area (Å²) in [5, 5.41) is 15.4. The molecule has 0 spiro atoms. The summed E-state index contributed by atoms with van der Waals surface area (Å²) in [4.78, 5) is 29.1. The van der Waals surface area contributed by atoms with E-state index in [-0.39, 0.29) is 11.6 Å². The Hall–Kier alpha value is -3.66. The quantitative estimate of drug-likeness (QED) is 0.237. The molecule has 0 aliphatic rings. The van der Waals surface area contributed by atoms with Crippen molar-refractivity contribution in [3.63, 3.8) is 0 Å². The van der Waals surface area contributed by atoms with E-state index in [2.05, 4.69) is 26.0 Å². The lowest BCUT2D eigenvalue weighted by Gasteiger charge is -2.11. The van der Waals surface area contributed by atoms with Gasteiger partial charge in [0.1, 0.15) is 11.3 Å². The van der Waals surface area contributed by atoms with Crippen LogP contribution in [0.3, 0.4) is 0 Å². The van der Waals surface area contributed by atoms with Gasteiger partial charge in [0.15, 0.2) is 12.4 Å². The summed E-state index contributed by atoms with van der Waals surface area (Å²) >= 11 is 15.6. The maximum atomic E-state index is 13.4. The van der Waals surface area contributed by atoms with E-state index in [0.717, 1.165) is 10.1 Å². The molecule has 36 heavy (non-hydrogen) atoms. The van der Waals surface area contributed by atoms with Crippen LogP contribution in [0.2, 0.25) is 10.0 Å². The van der Waals surface area contributed by atoms with Gasteiger partial charge >= 0.3 is 5.97 Å². The molecule has 0 bridgehead atoms. The third kappa shape index (κ3) is 4.73. The molecule has 2 heterocycles. The van der Waals surface area contributed by atoms with Crippen molar-refractivity contribution in [3.8, 4) is 17.3 Å². The molecule has 0 radical (unpaired) electrons. The number of furan rings is 1. The second kappa shape index (κ2) is 9.77. The third-order valence-electron chi connectivity index (χ3n) is 5.14. The molecule has 8 nitrogen and oxygen atoms in total. The molecule has 0 saturated heterocycles. The lowest BCUT2D eigenvalue weighted by atomic mass is 10.2. The highest BCUT2D eigenvalue weighted by atomic mass is 79.9. The summed E-state index contributed by atoms with van der Waals surface area (Å²) in [5.41, 5.74) is 0.950. The Labute approximate surface area is 221 Å². The second-order valence-corrected chi connectivity index (χ2v) is 9.32. The lowest BCUT2D eigenvalue weighted by Crippen LogP contribution is -2.20. The van der Waals surface area contributed by atoms with Gasteiger partial charge in [0.2, 0.25) is 5.82 Å². The van der Waals surface area contributed by atoms with Gasteiger partial charge in [0, 0.05) is 21.0 Å². The fourth-order valence-electron chi connectivity index (χ4n) is 3.60. The van der Waals surface area contributed by atoms with Gasteiger partial charge < -0.3 is 14.3 Å². The molecule has 180 valence electrons. The Bertz CT molecular complexity index is 1750. The molecule has 0 unspecified atom stereocenters. The number of benzene rings is 3. The monoisotopic (exact) mass is 585 g/mol. The first-order valence-corrected chi connectivity index (χ1v) is 11.9. The van der Waals surface area contributed by atoms with E-state index in [0.29, 0.717) is 42.3 Å². The number of nitrogens with zero attached hydrogens (tertiary/aromatic N) is 3. The molecule has 1 N–H and O–H groups in total. The van der Waals surface area contributed by atoms with E-state index in [9.17, 15) is 9.59 Å². The maximum Gasteiger partial charge on any atom is 0.341 e. The van der Waals surface area contributed by atoms with Crippen molar-refractivity contribution in [2.75, 3.05) is 6.61 Å². The van der Waals surface area contributed by atoms with E-state index < -0.39 is 18.1 Å². The highest BCUT2D eigenvalue weighted by Crippen LogP contribution is 2.32. The van der Waals surface area contributed by atoms with Crippen molar-refractivity contribution in [2.24, 2.45) is 5.10 Å². The Morgan fingerprint density at radius 3 is 2.75 bits per heavy atom. The van der Waals surface area contributed by atoms with E-state index in [1.165, 1.54) is 12.3 Å². The average Bonchev–Trinajstić information content (AvgIpc) is 3.25. The van der Waals surface area contributed by atoms with E-state index in [1.807, 2.05) is 0 Å². The van der Waals surface area contributed by atoms with Crippen LogP contribution in [-0.4, -0.2) is 33.6 Å². The minimum atomic E-state index is -1.15. The summed E-state index contributed by atoms with van der Waals surface area (Å²) in [6.07, 6.45) is 1.34. The topological polar surface area (TPSA) is 107 Å². The first kappa shape index (κ1) is 24.1. The molecule has 0 fully saturated rings. The summed E-state index contributed by atoms with van der Waals surface area (Å²) in [6, 6.07) is 16.9. The van der Waals surface area contributed by atoms with Gasteiger partial charge in [-0.3, -0.25) is 4.79 Å². The molecule has 0 atom stereocenters. The zero-order valence-corrected chi connectivity index (χ0v) is 21.2. The number of para-hydroxylation sites is 1. The van der Waals surface area contributed by atoms with Gasteiger partial charge in [-0.25, -0.2) is 9.78 Å². The number of carboxylic acids is 1. The minimum Gasteiger partial charge on any atom is -0.480 e. The van der Waals surface area contributed by atoms with Crippen LogP contribution < -0.4 is 10.3 Å². The smallest absolute Gasteiger partial charge is 0.341 e. The minimum absolute atomic E-state index is 0.163. The van der Waals surface area contributed by atoms with Crippen LogP contribution in [0.5, 0.6) is 5.75 Å². The number of halogens is 3. The number of aromatic nitrogens is 2. The molecular weight excluding hydrogens is 573 g/mol. The van der Waals surface area contributed by atoms with Crippen LogP contribution in [0.1, 0.15) is 5.56 Å². The number of hydrogen-bond acceptors (Lipinski definition) is 6. The molecule has 5 aromatic rings. The van der Waals surface area contributed by atoms with Crippen LogP contribution in [0, 0.1) is 0 Å². The first-order chi connectivity index (χ1) is 17.3. The van der Waals surface area contributed by atoms with Gasteiger partial charge in [0.25, 0.3) is 5.56 Å². The van der Waals surface area contributed by atoms with Crippen molar-refractivity contribution in [3.05, 3.63) is 91.1 Å². The second-order valence-electron chi connectivity index (χ2n) is 7.60. The predicted molar refractivity (Wildman–Crippen MR) is 141 cm³/mol. The largest absolute Gasteiger partial charge is 0.480 e. The van der Waals surface area contributed by atoms with Crippen molar-refractivity contribution in [1.82, 2.24) is 9.66 Å². The number of fused-ring (bicyclic) bond motifs is 2. The zero-order chi connectivity index (χ0) is 25.4. The molecule has 0 aliphatic carbocycles.